The number of rotatable bonds is 3. The van der Waals surface area contributed by atoms with E-state index in [-0.39, 0.29) is 5.75 Å². The number of nitrogens with two attached hydrogens (primary N) is 1. The Labute approximate surface area is 120 Å². The van der Waals surface area contributed by atoms with Gasteiger partial charge in [0.15, 0.2) is 0 Å². The Morgan fingerprint density at radius 1 is 1.19 bits per heavy atom. The van der Waals surface area contributed by atoms with Crippen LogP contribution in [0.3, 0.4) is 0 Å². The zero-order valence-electron chi connectivity index (χ0n) is 11.3. The molecule has 0 aliphatic heterocycles. The lowest BCUT2D eigenvalue weighted by atomic mass is 10.1. The first kappa shape index (κ1) is 13.0. The van der Waals surface area contributed by atoms with Crippen LogP contribution in [0, 0.1) is 0 Å². The molecule has 6 heteroatoms. The van der Waals surface area contributed by atoms with Crippen molar-refractivity contribution in [2.45, 2.75) is 0 Å². The Kier molecular flexibility index (Phi) is 3.19. The third-order valence-electron chi connectivity index (χ3n) is 3.02. The van der Waals surface area contributed by atoms with Crippen LogP contribution in [0.1, 0.15) is 0 Å². The van der Waals surface area contributed by atoms with Gasteiger partial charge >= 0.3 is 0 Å². The predicted molar refractivity (Wildman–Crippen MR) is 77.8 cm³/mol. The zero-order valence-corrected chi connectivity index (χ0v) is 11.3. The lowest BCUT2D eigenvalue weighted by Crippen LogP contribution is -1.92. The van der Waals surface area contributed by atoms with Gasteiger partial charge in [-0.25, -0.2) is 0 Å². The van der Waals surface area contributed by atoms with E-state index in [1.54, 1.807) is 49.6 Å². The van der Waals surface area contributed by atoms with E-state index in [4.69, 9.17) is 15.0 Å². The highest BCUT2D eigenvalue weighted by atomic mass is 16.5. The molecule has 3 N–H and O–H groups in total. The fraction of sp³-hybridized carbons (Fsp3) is 0.0667. The average molecular weight is 283 g/mol. The van der Waals surface area contributed by atoms with Crippen molar-refractivity contribution < 1.29 is 14.4 Å². The van der Waals surface area contributed by atoms with Crippen molar-refractivity contribution in [3.63, 3.8) is 0 Å². The highest BCUT2D eigenvalue weighted by molar-refractivity contribution is 5.73. The van der Waals surface area contributed by atoms with Crippen molar-refractivity contribution in [3.05, 3.63) is 42.5 Å². The number of hydrogen-bond donors (Lipinski definition) is 2. The first-order valence-corrected chi connectivity index (χ1v) is 6.24. The smallest absolute Gasteiger partial charge is 0.260 e. The number of anilines is 1. The van der Waals surface area contributed by atoms with Gasteiger partial charge < -0.3 is 20.1 Å². The minimum Gasteiger partial charge on any atom is -0.508 e. The van der Waals surface area contributed by atoms with Gasteiger partial charge in [-0.15, -0.1) is 0 Å². The Balaban J connectivity index is 2.02. The fourth-order valence-corrected chi connectivity index (χ4v) is 1.94. The number of hydrogen-bond acceptors (Lipinski definition) is 6. The van der Waals surface area contributed by atoms with Crippen LogP contribution in [0.5, 0.6) is 11.5 Å². The lowest BCUT2D eigenvalue weighted by molar-refractivity contribution is 0.413. The molecule has 1 heterocycles. The van der Waals surface area contributed by atoms with Crippen molar-refractivity contribution >= 4 is 5.69 Å². The standard InChI is InChI=1S/C15H13N3O3/c1-20-11-5-6-13(16)12(8-11)15-17-14(18-21-15)9-3-2-4-10(19)7-9/h2-8,19H,16H2,1H3. The van der Waals surface area contributed by atoms with E-state index in [1.807, 2.05) is 0 Å². The summed E-state index contributed by atoms with van der Waals surface area (Å²) in [6.45, 7) is 0. The van der Waals surface area contributed by atoms with Crippen molar-refractivity contribution in [2.24, 2.45) is 0 Å². The van der Waals surface area contributed by atoms with Gasteiger partial charge in [-0.1, -0.05) is 17.3 Å². The normalized spacial score (nSPS) is 10.5. The van der Waals surface area contributed by atoms with E-state index >= 15 is 0 Å². The average Bonchev–Trinajstić information content (AvgIpc) is 2.97. The molecule has 0 atom stereocenters. The number of phenols is 1. The Hall–Kier alpha value is -3.02. The molecule has 0 amide bonds. The molecule has 0 radical (unpaired) electrons. The van der Waals surface area contributed by atoms with E-state index in [0.717, 1.165) is 0 Å². The quantitative estimate of drug-likeness (QED) is 0.718. The topological polar surface area (TPSA) is 94.4 Å². The summed E-state index contributed by atoms with van der Waals surface area (Å²) < 4.78 is 10.4. The second-order valence-electron chi connectivity index (χ2n) is 4.43. The van der Waals surface area contributed by atoms with E-state index in [1.165, 1.54) is 0 Å². The molecule has 3 rings (SSSR count). The van der Waals surface area contributed by atoms with Crippen LogP contribution >= 0.6 is 0 Å². The van der Waals surface area contributed by atoms with Crippen LogP contribution in [0.2, 0.25) is 0 Å². The van der Waals surface area contributed by atoms with Crippen molar-refractivity contribution in [3.8, 4) is 34.3 Å². The summed E-state index contributed by atoms with van der Waals surface area (Å²) in [5, 5.41) is 13.4. The molecule has 0 spiro atoms. The van der Waals surface area contributed by atoms with Gasteiger partial charge in [0.1, 0.15) is 11.5 Å². The van der Waals surface area contributed by atoms with Crippen molar-refractivity contribution in [2.75, 3.05) is 12.8 Å². The molecule has 0 fully saturated rings. The number of ether oxygens (including phenoxy) is 1. The Morgan fingerprint density at radius 3 is 2.81 bits per heavy atom. The molecule has 0 saturated carbocycles. The van der Waals surface area contributed by atoms with Gasteiger partial charge in [-0.2, -0.15) is 4.98 Å². The van der Waals surface area contributed by atoms with Gasteiger partial charge in [0.05, 0.1) is 12.7 Å². The number of aromatic nitrogens is 2. The number of aromatic hydroxyl groups is 1. The highest BCUT2D eigenvalue weighted by Crippen LogP contribution is 2.30. The summed E-state index contributed by atoms with van der Waals surface area (Å²) in [5.74, 6) is 1.46. The SMILES string of the molecule is COc1ccc(N)c(-c2nc(-c3cccc(O)c3)no2)c1. The van der Waals surface area contributed by atoms with Gasteiger partial charge in [-0.3, -0.25) is 0 Å². The molecule has 106 valence electrons. The van der Waals surface area contributed by atoms with Crippen LogP contribution < -0.4 is 10.5 Å². The van der Waals surface area contributed by atoms with Gasteiger partial charge in [-0.05, 0) is 30.3 Å². The maximum Gasteiger partial charge on any atom is 0.260 e. The molecule has 0 bridgehead atoms. The first-order chi connectivity index (χ1) is 10.2. The molecular formula is C15H13N3O3. The molecule has 0 unspecified atom stereocenters. The second-order valence-corrected chi connectivity index (χ2v) is 4.43. The Bertz CT molecular complexity index is 783. The van der Waals surface area contributed by atoms with Crippen LogP contribution in [-0.4, -0.2) is 22.4 Å². The summed E-state index contributed by atoms with van der Waals surface area (Å²) in [4.78, 5) is 4.30. The van der Waals surface area contributed by atoms with Crippen molar-refractivity contribution in [1.29, 1.82) is 0 Å². The maximum absolute atomic E-state index is 9.49. The summed E-state index contributed by atoms with van der Waals surface area (Å²) in [5.41, 5.74) is 7.70. The molecular weight excluding hydrogens is 270 g/mol. The minimum atomic E-state index is 0.139. The zero-order chi connectivity index (χ0) is 14.8. The summed E-state index contributed by atoms with van der Waals surface area (Å²) in [7, 11) is 1.57. The Morgan fingerprint density at radius 2 is 2.05 bits per heavy atom. The van der Waals surface area contributed by atoms with Crippen LogP contribution in [0.15, 0.2) is 47.0 Å². The van der Waals surface area contributed by atoms with Crippen LogP contribution in [0.4, 0.5) is 5.69 Å². The molecule has 3 aromatic rings. The second kappa shape index (κ2) is 5.16. The third-order valence-corrected chi connectivity index (χ3v) is 3.02. The number of benzene rings is 2. The first-order valence-electron chi connectivity index (χ1n) is 6.24. The molecule has 21 heavy (non-hydrogen) atoms. The minimum absolute atomic E-state index is 0.139. The van der Waals surface area contributed by atoms with E-state index in [0.29, 0.717) is 34.3 Å². The number of nitrogens with zero attached hydrogens (tertiary/aromatic N) is 2. The maximum atomic E-state index is 9.49. The van der Waals surface area contributed by atoms with E-state index in [2.05, 4.69) is 10.1 Å². The van der Waals surface area contributed by atoms with Gasteiger partial charge in [0, 0.05) is 11.3 Å². The molecule has 0 aliphatic rings. The number of nitrogen functional groups attached to an aromatic ring is 1. The number of phenolic OH excluding ortho intramolecular Hbond substituents is 1. The van der Waals surface area contributed by atoms with Crippen LogP contribution in [-0.2, 0) is 0 Å². The lowest BCUT2D eigenvalue weighted by Gasteiger charge is -2.03. The van der Waals surface area contributed by atoms with Crippen molar-refractivity contribution in [1.82, 2.24) is 10.1 Å². The predicted octanol–water partition coefficient (Wildman–Crippen LogP) is 2.70. The third kappa shape index (κ3) is 2.51. The molecule has 6 nitrogen and oxygen atoms in total. The highest BCUT2D eigenvalue weighted by Gasteiger charge is 2.14. The van der Waals surface area contributed by atoms with E-state index < -0.39 is 0 Å². The summed E-state index contributed by atoms with van der Waals surface area (Å²) in [6, 6.07) is 11.8. The van der Waals surface area contributed by atoms with Crippen LogP contribution in [0.25, 0.3) is 22.8 Å². The van der Waals surface area contributed by atoms with Gasteiger partial charge in [0.2, 0.25) is 5.82 Å². The monoisotopic (exact) mass is 283 g/mol. The molecule has 2 aromatic carbocycles. The van der Waals surface area contributed by atoms with E-state index in [9.17, 15) is 5.11 Å². The molecule has 0 saturated heterocycles. The molecule has 0 aliphatic carbocycles. The van der Waals surface area contributed by atoms with Gasteiger partial charge in [0.25, 0.3) is 5.89 Å². The summed E-state index contributed by atoms with van der Waals surface area (Å²) in [6.07, 6.45) is 0. The summed E-state index contributed by atoms with van der Waals surface area (Å²) >= 11 is 0. The largest absolute Gasteiger partial charge is 0.508 e. The fourth-order valence-electron chi connectivity index (χ4n) is 1.94. The number of methoxy groups -OCH3 is 1. The molecule has 1 aromatic heterocycles.